The van der Waals surface area contributed by atoms with Gasteiger partial charge in [-0.25, -0.2) is 9.97 Å². The highest BCUT2D eigenvalue weighted by molar-refractivity contribution is 6.14. The van der Waals surface area contributed by atoms with Crippen molar-refractivity contribution < 1.29 is 0 Å². The number of rotatable bonds is 0. The summed E-state index contributed by atoms with van der Waals surface area (Å²) in [5, 5.41) is 13.4. The fraction of sp³-hybridized carbons (Fsp3) is 0.200. The zero-order chi connectivity index (χ0) is 11.6. The number of pyridine rings is 1. The summed E-state index contributed by atoms with van der Waals surface area (Å²) in [6.45, 7) is 1.94. The molecule has 2 N–H and O–H groups in total. The van der Waals surface area contributed by atoms with Gasteiger partial charge in [0.2, 0.25) is 0 Å². The minimum Gasteiger partial charge on any atom is -0.322 e. The quantitative estimate of drug-likeness (QED) is 0.469. The van der Waals surface area contributed by atoms with Gasteiger partial charge in [-0.1, -0.05) is 0 Å². The lowest BCUT2D eigenvalue weighted by Gasteiger charge is -1.97. The molecule has 4 heterocycles. The van der Waals surface area contributed by atoms with E-state index in [1.165, 1.54) is 6.33 Å². The Morgan fingerprint density at radius 3 is 2.88 bits per heavy atom. The Morgan fingerprint density at radius 2 is 2.00 bits per heavy atom. The highest BCUT2D eigenvalue weighted by atomic mass is 15.3. The van der Waals surface area contributed by atoms with Crippen LogP contribution in [0.2, 0.25) is 0 Å². The van der Waals surface area contributed by atoms with E-state index in [0.29, 0.717) is 0 Å². The van der Waals surface area contributed by atoms with E-state index >= 15 is 0 Å². The van der Waals surface area contributed by atoms with E-state index in [1.807, 2.05) is 18.7 Å². The molecule has 17 heavy (non-hydrogen) atoms. The van der Waals surface area contributed by atoms with Crippen LogP contribution in [0.4, 0.5) is 0 Å². The molecule has 0 aliphatic rings. The van der Waals surface area contributed by atoms with Crippen molar-refractivity contribution in [3.05, 3.63) is 12.0 Å². The predicted octanol–water partition coefficient (Wildman–Crippen LogP) is 1.03. The van der Waals surface area contributed by atoms with Gasteiger partial charge in [-0.3, -0.25) is 9.78 Å². The first kappa shape index (κ1) is 8.68. The average molecular weight is 227 g/mol. The van der Waals surface area contributed by atoms with Gasteiger partial charge < -0.3 is 4.98 Å². The number of hydrogen-bond acceptors (Lipinski definition) is 4. The summed E-state index contributed by atoms with van der Waals surface area (Å²) in [6, 6.07) is 0. The number of H-pyrrole nitrogens is 2. The van der Waals surface area contributed by atoms with Crippen LogP contribution < -0.4 is 0 Å². The van der Waals surface area contributed by atoms with E-state index in [9.17, 15) is 0 Å². The van der Waals surface area contributed by atoms with Crippen LogP contribution in [0.25, 0.3) is 33.2 Å². The van der Waals surface area contributed by atoms with Crippen LogP contribution in [0.5, 0.6) is 0 Å². The Kier molecular flexibility index (Phi) is 1.34. The Morgan fingerprint density at radius 1 is 1.12 bits per heavy atom. The Hall–Kier alpha value is -2.44. The summed E-state index contributed by atoms with van der Waals surface area (Å²) in [6.07, 6.45) is 1.54. The van der Waals surface area contributed by atoms with E-state index in [0.717, 1.165) is 38.9 Å². The molecule has 0 unspecified atom stereocenters. The van der Waals surface area contributed by atoms with Gasteiger partial charge in [0.1, 0.15) is 12.0 Å². The van der Waals surface area contributed by atoms with E-state index < -0.39 is 0 Å². The molecule has 0 aliphatic carbocycles. The normalized spacial score (nSPS) is 12.1. The molecule has 7 heteroatoms. The Bertz CT molecular complexity index is 863. The van der Waals surface area contributed by atoms with Crippen LogP contribution in [0, 0.1) is 6.92 Å². The van der Waals surface area contributed by atoms with Crippen molar-refractivity contribution in [1.82, 2.24) is 34.9 Å². The van der Waals surface area contributed by atoms with Gasteiger partial charge in [-0.05, 0) is 6.92 Å². The predicted molar refractivity (Wildman–Crippen MR) is 62.5 cm³/mol. The largest absolute Gasteiger partial charge is 0.322 e. The molecule has 4 aromatic heterocycles. The second kappa shape index (κ2) is 2.62. The van der Waals surface area contributed by atoms with E-state index in [1.54, 1.807) is 0 Å². The lowest BCUT2D eigenvalue weighted by Crippen LogP contribution is -1.92. The van der Waals surface area contributed by atoms with Crippen molar-refractivity contribution in [3.63, 3.8) is 0 Å². The van der Waals surface area contributed by atoms with Gasteiger partial charge in [0.25, 0.3) is 0 Å². The van der Waals surface area contributed by atoms with Crippen LogP contribution in [0.1, 0.15) is 5.69 Å². The van der Waals surface area contributed by atoms with Crippen LogP contribution in [0.3, 0.4) is 0 Å². The lowest BCUT2D eigenvalue weighted by molar-refractivity contribution is 0.798. The molecule has 0 aliphatic heterocycles. The summed E-state index contributed by atoms with van der Waals surface area (Å²) in [5.41, 5.74) is 4.26. The summed E-state index contributed by atoms with van der Waals surface area (Å²) >= 11 is 0. The SMILES string of the molecule is Cc1nnc2[nH]c3ncnc4c3c([nH]n4C)c12. The summed E-state index contributed by atoms with van der Waals surface area (Å²) in [7, 11) is 1.92. The van der Waals surface area contributed by atoms with Crippen molar-refractivity contribution in [2.75, 3.05) is 0 Å². The first-order valence-electron chi connectivity index (χ1n) is 5.26. The molecule has 0 amide bonds. The fourth-order valence-corrected chi connectivity index (χ4v) is 2.31. The number of hydrogen-bond donors (Lipinski definition) is 2. The molecule has 0 radical (unpaired) electrons. The van der Waals surface area contributed by atoms with Gasteiger partial charge >= 0.3 is 0 Å². The topological polar surface area (TPSA) is 88.1 Å². The number of aromatic nitrogens is 7. The molecule has 84 valence electrons. The first-order chi connectivity index (χ1) is 8.25. The minimum atomic E-state index is 0.748. The highest BCUT2D eigenvalue weighted by Crippen LogP contribution is 2.28. The Balaban J connectivity index is 2.47. The van der Waals surface area contributed by atoms with E-state index in [2.05, 4.69) is 30.2 Å². The molecule has 4 rings (SSSR count). The van der Waals surface area contributed by atoms with Crippen LogP contribution in [-0.2, 0) is 7.05 Å². The monoisotopic (exact) mass is 227 g/mol. The summed E-state index contributed by atoms with van der Waals surface area (Å²) < 4.78 is 1.87. The van der Waals surface area contributed by atoms with E-state index in [-0.39, 0.29) is 0 Å². The number of fused-ring (bicyclic) bond motifs is 2. The highest BCUT2D eigenvalue weighted by Gasteiger charge is 2.16. The number of aryl methyl sites for hydroxylation is 2. The first-order valence-corrected chi connectivity index (χ1v) is 5.26. The molecular formula is C10H9N7. The maximum absolute atomic E-state index is 4.27. The molecule has 0 atom stereocenters. The molecule has 0 bridgehead atoms. The zero-order valence-electron chi connectivity index (χ0n) is 9.31. The summed E-state index contributed by atoms with van der Waals surface area (Å²) in [4.78, 5) is 11.7. The molecule has 0 aromatic carbocycles. The smallest absolute Gasteiger partial charge is 0.165 e. The van der Waals surface area contributed by atoms with Crippen LogP contribution >= 0.6 is 0 Å². The maximum Gasteiger partial charge on any atom is 0.165 e. The van der Waals surface area contributed by atoms with Gasteiger partial charge in [-0.2, -0.15) is 5.10 Å². The third-order valence-corrected chi connectivity index (χ3v) is 3.06. The van der Waals surface area contributed by atoms with Crippen molar-refractivity contribution in [1.29, 1.82) is 0 Å². The van der Waals surface area contributed by atoms with Crippen molar-refractivity contribution in [2.24, 2.45) is 7.05 Å². The minimum absolute atomic E-state index is 0.748. The molecular weight excluding hydrogens is 218 g/mol. The number of nitrogens with one attached hydrogen (secondary N) is 2. The van der Waals surface area contributed by atoms with Crippen LogP contribution in [0.15, 0.2) is 6.33 Å². The fourth-order valence-electron chi connectivity index (χ4n) is 2.31. The van der Waals surface area contributed by atoms with Crippen molar-refractivity contribution in [2.45, 2.75) is 6.92 Å². The zero-order valence-corrected chi connectivity index (χ0v) is 9.31. The summed E-state index contributed by atoms with van der Waals surface area (Å²) in [5.74, 6) is 0. The number of aromatic amines is 2. The third-order valence-electron chi connectivity index (χ3n) is 3.06. The molecule has 0 fully saturated rings. The molecule has 4 aromatic rings. The maximum atomic E-state index is 4.27. The standard InChI is InChI=1S/C10H9N7/c1-4-5-7-6-8(13-9(5)15-14-4)11-3-12-10(6)17(2)16-7/h3,16H,1-2H3,(H,11,12,13,14,15). The Labute approximate surface area is 94.9 Å². The second-order valence-electron chi connectivity index (χ2n) is 4.10. The van der Waals surface area contributed by atoms with Gasteiger partial charge in [0.05, 0.1) is 22.0 Å². The van der Waals surface area contributed by atoms with Crippen molar-refractivity contribution >= 4 is 33.2 Å². The van der Waals surface area contributed by atoms with Crippen molar-refractivity contribution in [3.8, 4) is 0 Å². The van der Waals surface area contributed by atoms with Crippen LogP contribution in [-0.4, -0.2) is 34.9 Å². The third kappa shape index (κ3) is 0.913. The number of nitrogens with zero attached hydrogens (tertiary/aromatic N) is 5. The molecule has 0 spiro atoms. The van der Waals surface area contributed by atoms with E-state index in [4.69, 9.17) is 0 Å². The second-order valence-corrected chi connectivity index (χ2v) is 4.10. The molecule has 7 nitrogen and oxygen atoms in total. The molecule has 0 saturated heterocycles. The average Bonchev–Trinajstić information content (AvgIpc) is 2.84. The van der Waals surface area contributed by atoms with Gasteiger partial charge in [0, 0.05) is 7.05 Å². The molecule has 0 saturated carbocycles. The lowest BCUT2D eigenvalue weighted by atomic mass is 10.2. The van der Waals surface area contributed by atoms with Gasteiger partial charge in [-0.15, -0.1) is 5.10 Å². The van der Waals surface area contributed by atoms with Gasteiger partial charge in [0.15, 0.2) is 11.3 Å².